The molecule has 0 spiro atoms. The summed E-state index contributed by atoms with van der Waals surface area (Å²) in [6, 6.07) is 4.31. The zero-order valence-corrected chi connectivity index (χ0v) is 14.2. The predicted octanol–water partition coefficient (Wildman–Crippen LogP) is 2.34. The van der Waals surface area contributed by atoms with E-state index in [0.29, 0.717) is 17.1 Å². The molecule has 1 heterocycles. The van der Waals surface area contributed by atoms with Crippen molar-refractivity contribution in [1.82, 2.24) is 14.9 Å². The van der Waals surface area contributed by atoms with Crippen LogP contribution in [0.2, 0.25) is 0 Å². The Morgan fingerprint density at radius 2 is 2.13 bits per heavy atom. The number of nitrogens with two attached hydrogens (primary N) is 1. The average molecular weight is 341 g/mol. The third kappa shape index (κ3) is 4.53. The lowest BCUT2D eigenvalue weighted by Gasteiger charge is -2.15. The predicted molar refractivity (Wildman–Crippen MR) is 90.2 cm³/mol. The lowest BCUT2D eigenvalue weighted by Crippen LogP contribution is -2.43. The maximum absolute atomic E-state index is 14.2. The van der Waals surface area contributed by atoms with Crippen LogP contribution in [-0.4, -0.2) is 21.5 Å². The van der Waals surface area contributed by atoms with Gasteiger partial charge >= 0.3 is 0 Å². The fourth-order valence-electron chi connectivity index (χ4n) is 2.10. The molecule has 1 amide bonds. The average Bonchev–Trinajstić information content (AvgIpc) is 2.90. The van der Waals surface area contributed by atoms with Crippen molar-refractivity contribution in [2.24, 2.45) is 11.7 Å². The molecule has 23 heavy (non-hydrogen) atoms. The quantitative estimate of drug-likeness (QED) is 0.877. The molecule has 0 aliphatic carbocycles. The first-order chi connectivity index (χ1) is 10.4. The Balaban J connectivity index is 0.00000264. The molecule has 2 rings (SSSR count). The van der Waals surface area contributed by atoms with Gasteiger partial charge < -0.3 is 15.6 Å². The smallest absolute Gasteiger partial charge is 0.237 e. The van der Waals surface area contributed by atoms with Crippen molar-refractivity contribution in [3.63, 3.8) is 0 Å². The monoisotopic (exact) mass is 340 g/mol. The number of benzene rings is 1. The van der Waals surface area contributed by atoms with E-state index in [9.17, 15) is 9.18 Å². The summed E-state index contributed by atoms with van der Waals surface area (Å²) in [5.41, 5.74) is 6.88. The van der Waals surface area contributed by atoms with Gasteiger partial charge in [0.05, 0.1) is 11.7 Å². The molecule has 3 N–H and O–H groups in total. The molecule has 0 saturated carbocycles. The number of nitrogens with one attached hydrogen (secondary N) is 1. The second kappa shape index (κ2) is 8.08. The molecule has 0 unspecified atom stereocenters. The van der Waals surface area contributed by atoms with Gasteiger partial charge in [0.25, 0.3) is 0 Å². The molecule has 1 aromatic carbocycles. The number of amides is 1. The van der Waals surface area contributed by atoms with Crippen molar-refractivity contribution < 1.29 is 9.18 Å². The molecule has 5 nitrogen and oxygen atoms in total. The molecule has 0 aliphatic rings. The maximum Gasteiger partial charge on any atom is 0.237 e. The van der Waals surface area contributed by atoms with Gasteiger partial charge in [0, 0.05) is 18.9 Å². The van der Waals surface area contributed by atoms with Gasteiger partial charge in [-0.3, -0.25) is 4.79 Å². The van der Waals surface area contributed by atoms with Crippen LogP contribution in [-0.2, 0) is 11.3 Å². The van der Waals surface area contributed by atoms with Gasteiger partial charge in [-0.25, -0.2) is 9.37 Å². The van der Waals surface area contributed by atoms with Gasteiger partial charge in [0.1, 0.15) is 11.6 Å². The number of halogens is 2. The summed E-state index contributed by atoms with van der Waals surface area (Å²) >= 11 is 0. The van der Waals surface area contributed by atoms with E-state index < -0.39 is 6.04 Å². The zero-order chi connectivity index (χ0) is 16.3. The molecule has 1 atom stereocenters. The second-order valence-electron chi connectivity index (χ2n) is 5.62. The Kier molecular flexibility index (Phi) is 6.72. The van der Waals surface area contributed by atoms with Crippen LogP contribution in [0.3, 0.4) is 0 Å². The van der Waals surface area contributed by atoms with Crippen LogP contribution in [0.25, 0.3) is 5.69 Å². The minimum absolute atomic E-state index is 0. The highest BCUT2D eigenvalue weighted by Gasteiger charge is 2.16. The van der Waals surface area contributed by atoms with E-state index in [1.807, 2.05) is 13.8 Å². The van der Waals surface area contributed by atoms with Crippen molar-refractivity contribution in [3.05, 3.63) is 47.8 Å². The van der Waals surface area contributed by atoms with E-state index >= 15 is 0 Å². The molecule has 0 radical (unpaired) electrons. The van der Waals surface area contributed by atoms with Gasteiger partial charge in [-0.1, -0.05) is 19.9 Å². The van der Waals surface area contributed by atoms with Crippen LogP contribution in [0, 0.1) is 18.7 Å². The Hall–Kier alpha value is -1.92. The van der Waals surface area contributed by atoms with Crippen LogP contribution in [0.15, 0.2) is 30.6 Å². The van der Waals surface area contributed by atoms with Gasteiger partial charge in [0.15, 0.2) is 0 Å². The molecule has 126 valence electrons. The highest BCUT2D eigenvalue weighted by Crippen LogP contribution is 2.16. The summed E-state index contributed by atoms with van der Waals surface area (Å²) in [5.74, 6) is 0.178. The van der Waals surface area contributed by atoms with Crippen LogP contribution in [0.1, 0.15) is 25.2 Å². The summed E-state index contributed by atoms with van der Waals surface area (Å²) in [6.07, 6.45) is 3.33. The molecule has 0 fully saturated rings. The van der Waals surface area contributed by atoms with Crippen LogP contribution in [0.5, 0.6) is 0 Å². The summed E-state index contributed by atoms with van der Waals surface area (Å²) in [6.45, 7) is 5.82. The Morgan fingerprint density at radius 3 is 2.65 bits per heavy atom. The van der Waals surface area contributed by atoms with Crippen molar-refractivity contribution >= 4 is 18.3 Å². The Bertz CT molecular complexity index is 672. The normalized spacial score (nSPS) is 11.9. The summed E-state index contributed by atoms with van der Waals surface area (Å²) in [5, 5.41) is 2.72. The van der Waals surface area contributed by atoms with E-state index in [0.717, 1.165) is 0 Å². The number of hydrogen-bond donors (Lipinski definition) is 2. The number of aromatic nitrogens is 2. The second-order valence-corrected chi connectivity index (χ2v) is 5.62. The minimum atomic E-state index is -0.558. The highest BCUT2D eigenvalue weighted by atomic mass is 35.5. The molecule has 1 aromatic heterocycles. The molecule has 0 bridgehead atoms. The number of carbonyl (C=O) groups is 1. The van der Waals surface area contributed by atoms with E-state index in [4.69, 9.17) is 5.73 Å². The number of nitrogens with zero attached hydrogens (tertiary/aromatic N) is 2. The topological polar surface area (TPSA) is 72.9 Å². The third-order valence-corrected chi connectivity index (χ3v) is 3.59. The van der Waals surface area contributed by atoms with Gasteiger partial charge in [-0.05, 0) is 30.5 Å². The van der Waals surface area contributed by atoms with Crippen molar-refractivity contribution in [2.75, 3.05) is 0 Å². The lowest BCUT2D eigenvalue weighted by molar-refractivity contribution is -0.123. The largest absolute Gasteiger partial charge is 0.351 e. The van der Waals surface area contributed by atoms with Crippen LogP contribution >= 0.6 is 12.4 Å². The molecular formula is C16H22ClFN4O. The van der Waals surface area contributed by atoms with E-state index in [-0.39, 0.29) is 36.6 Å². The Labute approximate surface area is 141 Å². The van der Waals surface area contributed by atoms with E-state index in [2.05, 4.69) is 10.3 Å². The zero-order valence-electron chi connectivity index (χ0n) is 13.4. The first-order valence-electron chi connectivity index (χ1n) is 7.22. The van der Waals surface area contributed by atoms with Crippen molar-refractivity contribution in [3.8, 4) is 5.69 Å². The summed E-state index contributed by atoms with van der Waals surface area (Å²) in [7, 11) is 0. The van der Waals surface area contributed by atoms with E-state index in [1.165, 1.54) is 6.07 Å². The number of aryl methyl sites for hydroxylation is 1. The first kappa shape index (κ1) is 19.1. The molecule has 2 aromatic rings. The number of rotatable bonds is 5. The SMILES string of the molecule is Cc1nccn1-c1ccc(CNC(=O)[C@@H](N)C(C)C)cc1F.Cl. The lowest BCUT2D eigenvalue weighted by atomic mass is 10.0. The Morgan fingerprint density at radius 1 is 1.43 bits per heavy atom. The van der Waals surface area contributed by atoms with E-state index in [1.54, 1.807) is 36.0 Å². The highest BCUT2D eigenvalue weighted by molar-refractivity contribution is 5.85. The van der Waals surface area contributed by atoms with Gasteiger partial charge in [0.2, 0.25) is 5.91 Å². The summed E-state index contributed by atoms with van der Waals surface area (Å²) in [4.78, 5) is 15.9. The van der Waals surface area contributed by atoms with Crippen LogP contribution < -0.4 is 11.1 Å². The van der Waals surface area contributed by atoms with Gasteiger partial charge in [-0.15, -0.1) is 12.4 Å². The standard InChI is InChI=1S/C16H21FN4O.ClH/c1-10(2)15(18)16(22)20-9-12-4-5-14(13(17)8-12)21-7-6-19-11(21)3;/h4-8,10,15H,9,18H2,1-3H3,(H,20,22);1H/t15-;/m0./s1. The number of carbonyl (C=O) groups excluding carboxylic acids is 1. The molecule has 7 heteroatoms. The third-order valence-electron chi connectivity index (χ3n) is 3.59. The number of imidazole rings is 1. The van der Waals surface area contributed by atoms with Crippen molar-refractivity contribution in [2.45, 2.75) is 33.4 Å². The van der Waals surface area contributed by atoms with Crippen LogP contribution in [0.4, 0.5) is 4.39 Å². The molecular weight excluding hydrogens is 319 g/mol. The number of hydrogen-bond acceptors (Lipinski definition) is 3. The maximum atomic E-state index is 14.2. The van der Waals surface area contributed by atoms with Gasteiger partial charge in [-0.2, -0.15) is 0 Å². The fraction of sp³-hybridized carbons (Fsp3) is 0.375. The first-order valence-corrected chi connectivity index (χ1v) is 7.22. The minimum Gasteiger partial charge on any atom is -0.351 e. The van der Waals surface area contributed by atoms with Crippen molar-refractivity contribution in [1.29, 1.82) is 0 Å². The fourth-order valence-corrected chi connectivity index (χ4v) is 2.10. The molecule has 0 aliphatic heterocycles. The summed E-state index contributed by atoms with van der Waals surface area (Å²) < 4.78 is 15.9. The molecule has 0 saturated heterocycles.